The minimum Gasteiger partial charge on any atom is -0.478 e. The first-order valence-corrected chi connectivity index (χ1v) is 16.0. The molecule has 0 saturated heterocycles. The van der Waals surface area contributed by atoms with Gasteiger partial charge in [0.05, 0.1) is 16.7 Å². The molecular weight excluding hydrogens is 636 g/mol. The Hall–Kier alpha value is -7.05. The maximum absolute atomic E-state index is 11.0. The molecule has 0 aliphatic carbocycles. The van der Waals surface area contributed by atoms with Gasteiger partial charge < -0.3 is 15.3 Å². The van der Waals surface area contributed by atoms with Crippen LogP contribution in [0.1, 0.15) is 31.1 Å². The Balaban J connectivity index is 0.000000158. The molecule has 0 heterocycles. The van der Waals surface area contributed by atoms with E-state index in [0.717, 1.165) is 33.4 Å². The summed E-state index contributed by atoms with van der Waals surface area (Å²) in [6.07, 6.45) is 0. The van der Waals surface area contributed by atoms with Crippen molar-refractivity contribution in [1.29, 1.82) is 0 Å². The van der Waals surface area contributed by atoms with E-state index >= 15 is 0 Å². The third-order valence-electron chi connectivity index (χ3n) is 7.39. The fraction of sp³-hybridized carbons (Fsp3) is 0. The molecule has 51 heavy (non-hydrogen) atoms. The number of carboxylic acid groups (broad SMARTS) is 3. The fourth-order valence-corrected chi connectivity index (χ4v) is 5.00. The molecule has 7 rings (SSSR count). The van der Waals surface area contributed by atoms with Crippen molar-refractivity contribution >= 4 is 17.9 Å². The molecular formula is C45H36O6. The van der Waals surface area contributed by atoms with Crippen LogP contribution in [0.4, 0.5) is 0 Å². The summed E-state index contributed by atoms with van der Waals surface area (Å²) in [5, 5.41) is 27.1. The van der Waals surface area contributed by atoms with Gasteiger partial charge in [-0.25, -0.2) is 14.4 Å². The van der Waals surface area contributed by atoms with E-state index < -0.39 is 17.9 Å². The number of hydrogen-bond acceptors (Lipinski definition) is 3. The maximum Gasteiger partial charge on any atom is 0.336 e. The van der Waals surface area contributed by atoms with Crippen LogP contribution in [-0.2, 0) is 0 Å². The summed E-state index contributed by atoms with van der Waals surface area (Å²) in [6, 6.07) is 61.6. The molecule has 252 valence electrons. The third-order valence-corrected chi connectivity index (χ3v) is 7.39. The van der Waals surface area contributed by atoms with Crippen LogP contribution in [0, 0.1) is 0 Å². The Kier molecular flexibility index (Phi) is 14.2. The molecule has 0 amide bonds. The maximum atomic E-state index is 11.0. The number of benzene rings is 7. The third kappa shape index (κ3) is 11.3. The summed E-state index contributed by atoms with van der Waals surface area (Å²) >= 11 is 0. The number of rotatable bonds is 6. The summed E-state index contributed by atoms with van der Waals surface area (Å²) < 4.78 is 0. The lowest BCUT2D eigenvalue weighted by Gasteiger charge is -2.05. The molecule has 0 bridgehead atoms. The topological polar surface area (TPSA) is 112 Å². The molecule has 0 unspecified atom stereocenters. The van der Waals surface area contributed by atoms with Gasteiger partial charge in [0.1, 0.15) is 0 Å². The van der Waals surface area contributed by atoms with E-state index in [2.05, 4.69) is 0 Å². The molecule has 6 heteroatoms. The fourth-order valence-electron chi connectivity index (χ4n) is 5.00. The first-order valence-electron chi connectivity index (χ1n) is 16.0. The number of hydrogen-bond donors (Lipinski definition) is 3. The van der Waals surface area contributed by atoms with E-state index in [4.69, 9.17) is 15.3 Å². The molecule has 0 aliphatic heterocycles. The Bertz CT molecular complexity index is 1870. The van der Waals surface area contributed by atoms with Gasteiger partial charge in [-0.1, -0.05) is 182 Å². The summed E-state index contributed by atoms with van der Waals surface area (Å²) in [5.41, 5.74) is 6.06. The first kappa shape index (κ1) is 36.8. The Morgan fingerprint density at radius 3 is 0.647 bits per heavy atom. The highest BCUT2D eigenvalue weighted by molar-refractivity contribution is 5.97. The Labute approximate surface area is 297 Å². The van der Waals surface area contributed by atoms with E-state index in [0.29, 0.717) is 16.7 Å². The second-order valence-electron chi connectivity index (χ2n) is 10.8. The normalized spacial score (nSPS) is 9.65. The summed E-state index contributed by atoms with van der Waals surface area (Å²) in [5.74, 6) is -2.68. The van der Waals surface area contributed by atoms with Crippen molar-refractivity contribution in [3.63, 3.8) is 0 Å². The lowest BCUT2D eigenvalue weighted by molar-refractivity contribution is 0.0687. The van der Waals surface area contributed by atoms with Crippen LogP contribution in [0.3, 0.4) is 0 Å². The van der Waals surface area contributed by atoms with E-state index in [1.54, 1.807) is 36.4 Å². The quantitative estimate of drug-likeness (QED) is 0.162. The van der Waals surface area contributed by atoms with Crippen LogP contribution in [-0.4, -0.2) is 33.2 Å². The van der Waals surface area contributed by atoms with Crippen LogP contribution in [0.15, 0.2) is 200 Å². The van der Waals surface area contributed by atoms with Crippen molar-refractivity contribution in [3.8, 4) is 33.4 Å². The summed E-state index contributed by atoms with van der Waals surface area (Å²) in [7, 11) is 0. The monoisotopic (exact) mass is 672 g/mol. The second kappa shape index (κ2) is 19.7. The van der Waals surface area contributed by atoms with Gasteiger partial charge >= 0.3 is 17.9 Å². The van der Waals surface area contributed by atoms with Gasteiger partial charge in [0, 0.05) is 0 Å². The van der Waals surface area contributed by atoms with Gasteiger partial charge in [-0.3, -0.25) is 0 Å². The van der Waals surface area contributed by atoms with Crippen molar-refractivity contribution in [2.24, 2.45) is 0 Å². The van der Waals surface area contributed by atoms with Gasteiger partial charge in [-0.05, 0) is 51.6 Å². The van der Waals surface area contributed by atoms with Crippen LogP contribution in [0.2, 0.25) is 0 Å². The number of carbonyl (C=O) groups is 3. The highest BCUT2D eigenvalue weighted by Gasteiger charge is 2.11. The number of aromatic carboxylic acids is 3. The predicted octanol–water partition coefficient (Wildman–Crippen LogP) is 10.8. The van der Waals surface area contributed by atoms with E-state index in [9.17, 15) is 14.4 Å². The molecule has 0 atom stereocenters. The van der Waals surface area contributed by atoms with Crippen molar-refractivity contribution in [2.45, 2.75) is 0 Å². The SMILES string of the molecule is O=C(O)c1ccccc1-c1ccccc1.O=C(O)c1ccccc1-c1ccccc1.O=C(O)c1ccccc1-c1ccccc1.c1ccccc1. The molecule has 0 spiro atoms. The van der Waals surface area contributed by atoms with Crippen LogP contribution in [0.25, 0.3) is 33.4 Å². The van der Waals surface area contributed by atoms with Crippen molar-refractivity contribution in [3.05, 3.63) is 217 Å². The molecule has 0 aromatic heterocycles. The average molecular weight is 673 g/mol. The lowest BCUT2D eigenvalue weighted by atomic mass is 10.00. The van der Waals surface area contributed by atoms with E-state index in [1.807, 2.05) is 164 Å². The molecule has 6 nitrogen and oxygen atoms in total. The molecule has 0 aliphatic rings. The van der Waals surface area contributed by atoms with Gasteiger partial charge in [0.2, 0.25) is 0 Å². The summed E-state index contributed by atoms with van der Waals surface area (Å²) in [6.45, 7) is 0. The second-order valence-corrected chi connectivity index (χ2v) is 10.8. The minimum absolute atomic E-state index is 0.337. The molecule has 0 saturated carbocycles. The minimum atomic E-state index is -0.894. The molecule has 3 N–H and O–H groups in total. The Morgan fingerprint density at radius 2 is 0.431 bits per heavy atom. The highest BCUT2D eigenvalue weighted by Crippen LogP contribution is 2.25. The van der Waals surface area contributed by atoms with Gasteiger partial charge in [0.25, 0.3) is 0 Å². The Morgan fingerprint density at radius 1 is 0.255 bits per heavy atom. The predicted molar refractivity (Wildman–Crippen MR) is 203 cm³/mol. The molecule has 0 radical (unpaired) electrons. The highest BCUT2D eigenvalue weighted by atomic mass is 16.4. The lowest BCUT2D eigenvalue weighted by Crippen LogP contribution is -1.98. The van der Waals surface area contributed by atoms with E-state index in [1.165, 1.54) is 0 Å². The average Bonchev–Trinajstić information content (AvgIpc) is 3.20. The zero-order chi connectivity index (χ0) is 36.3. The first-order chi connectivity index (χ1) is 24.9. The largest absolute Gasteiger partial charge is 0.478 e. The van der Waals surface area contributed by atoms with Crippen molar-refractivity contribution < 1.29 is 29.7 Å². The van der Waals surface area contributed by atoms with Gasteiger partial charge in [-0.2, -0.15) is 0 Å². The standard InChI is InChI=1S/3C13H10O2.C6H6/c3*14-13(15)12-9-5-4-8-11(12)10-6-2-1-3-7-10;1-2-4-6-5-3-1/h3*1-9H,(H,14,15);1-6H. The van der Waals surface area contributed by atoms with Gasteiger partial charge in [0.15, 0.2) is 0 Å². The van der Waals surface area contributed by atoms with Crippen LogP contribution < -0.4 is 0 Å². The van der Waals surface area contributed by atoms with Crippen LogP contribution >= 0.6 is 0 Å². The summed E-state index contributed by atoms with van der Waals surface area (Å²) in [4.78, 5) is 33.0. The molecule has 7 aromatic carbocycles. The number of carboxylic acids is 3. The molecule has 7 aromatic rings. The van der Waals surface area contributed by atoms with Crippen molar-refractivity contribution in [1.82, 2.24) is 0 Å². The van der Waals surface area contributed by atoms with Crippen LogP contribution in [0.5, 0.6) is 0 Å². The van der Waals surface area contributed by atoms with Crippen molar-refractivity contribution in [2.75, 3.05) is 0 Å². The zero-order valence-corrected chi connectivity index (χ0v) is 27.6. The zero-order valence-electron chi connectivity index (χ0n) is 27.6. The molecule has 0 fully saturated rings. The smallest absolute Gasteiger partial charge is 0.336 e. The van der Waals surface area contributed by atoms with E-state index in [-0.39, 0.29) is 0 Å². The van der Waals surface area contributed by atoms with Gasteiger partial charge in [-0.15, -0.1) is 0 Å².